The van der Waals surface area contributed by atoms with E-state index in [4.69, 9.17) is 5.73 Å². The Morgan fingerprint density at radius 2 is 2.16 bits per heavy atom. The minimum absolute atomic E-state index is 0.258. The van der Waals surface area contributed by atoms with Crippen molar-refractivity contribution in [2.45, 2.75) is 0 Å². The lowest BCUT2D eigenvalue weighted by atomic mass is 10.1. The van der Waals surface area contributed by atoms with Gasteiger partial charge in [0, 0.05) is 13.2 Å². The van der Waals surface area contributed by atoms with E-state index in [-0.39, 0.29) is 11.3 Å². The normalized spacial score (nSPS) is 10.2. The number of nitrogens with two attached hydrogens (primary N) is 1. The Hall–Kier alpha value is -2.63. The predicted molar refractivity (Wildman–Crippen MR) is 70.1 cm³/mol. The molecule has 0 spiro atoms. The molecule has 98 valence electrons. The number of hydrogen-bond acceptors (Lipinski definition) is 4. The average molecular weight is 261 g/mol. The van der Waals surface area contributed by atoms with E-state index in [1.54, 1.807) is 36.5 Å². The van der Waals surface area contributed by atoms with Crippen molar-refractivity contribution in [3.05, 3.63) is 48.0 Å². The van der Waals surface area contributed by atoms with E-state index in [0.29, 0.717) is 11.4 Å². The van der Waals surface area contributed by atoms with Crippen molar-refractivity contribution in [3.8, 4) is 0 Å². The zero-order valence-corrected chi connectivity index (χ0v) is 10.2. The minimum Gasteiger partial charge on any atom is -0.478 e. The van der Waals surface area contributed by atoms with Crippen LogP contribution >= 0.6 is 0 Å². The summed E-state index contributed by atoms with van der Waals surface area (Å²) in [4.78, 5) is 16.8. The summed E-state index contributed by atoms with van der Waals surface area (Å²) in [5, 5.41) is 9.18. The number of nitrogens with zero attached hydrogens (tertiary/aromatic N) is 2. The van der Waals surface area contributed by atoms with Crippen molar-refractivity contribution < 1.29 is 14.3 Å². The number of hydrogen-bond donors (Lipinski definition) is 2. The number of aromatic carboxylic acids is 1. The van der Waals surface area contributed by atoms with Crippen LogP contribution in [0.2, 0.25) is 0 Å². The summed E-state index contributed by atoms with van der Waals surface area (Å²) in [5.41, 5.74) is 5.85. The quantitative estimate of drug-likeness (QED) is 0.828. The highest BCUT2D eigenvalue weighted by Gasteiger charge is 2.20. The summed E-state index contributed by atoms with van der Waals surface area (Å²) in [7, 11) is 1.66. The lowest BCUT2D eigenvalue weighted by molar-refractivity contribution is 0.0698. The van der Waals surface area contributed by atoms with Gasteiger partial charge in [0.2, 0.25) is 0 Å². The molecule has 0 atom stereocenters. The van der Waals surface area contributed by atoms with Gasteiger partial charge in [0.05, 0.1) is 23.3 Å². The average Bonchev–Trinajstić information content (AvgIpc) is 2.41. The van der Waals surface area contributed by atoms with Gasteiger partial charge in [0.25, 0.3) is 0 Å². The first kappa shape index (κ1) is 12.8. The Labute approximate surface area is 109 Å². The molecule has 0 aliphatic carbocycles. The molecule has 19 heavy (non-hydrogen) atoms. The second-order valence-electron chi connectivity index (χ2n) is 3.93. The van der Waals surface area contributed by atoms with E-state index in [1.807, 2.05) is 0 Å². The molecule has 0 fully saturated rings. The number of nitrogen functional groups attached to an aromatic ring is 1. The van der Waals surface area contributed by atoms with E-state index >= 15 is 0 Å². The van der Waals surface area contributed by atoms with Crippen molar-refractivity contribution in [2.75, 3.05) is 17.7 Å². The van der Waals surface area contributed by atoms with Crippen LogP contribution in [-0.2, 0) is 0 Å². The molecular weight excluding hydrogens is 249 g/mol. The van der Waals surface area contributed by atoms with Gasteiger partial charge in [-0.2, -0.15) is 0 Å². The maximum Gasteiger partial charge on any atom is 0.340 e. The third-order valence-electron chi connectivity index (χ3n) is 2.78. The molecule has 2 aromatic rings. The summed E-state index contributed by atoms with van der Waals surface area (Å²) < 4.78 is 13.4. The highest BCUT2D eigenvalue weighted by molar-refractivity contribution is 6.01. The molecule has 0 radical (unpaired) electrons. The van der Waals surface area contributed by atoms with Gasteiger partial charge >= 0.3 is 5.97 Å². The first-order valence-corrected chi connectivity index (χ1v) is 5.47. The number of carboxylic acid groups (broad SMARTS) is 1. The van der Waals surface area contributed by atoms with E-state index in [0.717, 1.165) is 6.07 Å². The topological polar surface area (TPSA) is 79.5 Å². The van der Waals surface area contributed by atoms with Crippen LogP contribution in [0.15, 0.2) is 36.7 Å². The van der Waals surface area contributed by atoms with Crippen molar-refractivity contribution in [1.82, 2.24) is 4.98 Å². The zero-order valence-electron chi connectivity index (χ0n) is 10.2. The van der Waals surface area contributed by atoms with Crippen LogP contribution in [0.4, 0.5) is 21.5 Å². The third-order valence-corrected chi connectivity index (χ3v) is 2.78. The van der Waals surface area contributed by atoms with Crippen LogP contribution in [0, 0.1) is 5.82 Å². The highest BCUT2D eigenvalue weighted by Crippen LogP contribution is 2.31. The second-order valence-corrected chi connectivity index (χ2v) is 3.93. The number of pyridine rings is 1. The molecule has 1 aromatic heterocycles. The SMILES string of the molecule is CN(c1cccnc1)c1ccc(F)c(N)c1C(=O)O. The summed E-state index contributed by atoms with van der Waals surface area (Å²) in [6, 6.07) is 6.00. The molecule has 3 N–H and O–H groups in total. The number of carbonyl (C=O) groups is 1. The Morgan fingerprint density at radius 3 is 2.74 bits per heavy atom. The Kier molecular flexibility index (Phi) is 3.33. The summed E-state index contributed by atoms with van der Waals surface area (Å²) in [6.07, 6.45) is 3.18. The molecule has 1 aromatic carbocycles. The third kappa shape index (κ3) is 2.33. The fourth-order valence-corrected chi connectivity index (χ4v) is 1.78. The molecule has 5 nitrogen and oxygen atoms in total. The molecule has 0 unspecified atom stereocenters. The van der Waals surface area contributed by atoms with E-state index in [1.165, 1.54) is 6.07 Å². The predicted octanol–water partition coefficient (Wildman–Crippen LogP) is 2.27. The number of rotatable bonds is 3. The molecule has 2 rings (SSSR count). The smallest absolute Gasteiger partial charge is 0.340 e. The Balaban J connectivity index is 2.57. The molecular formula is C13H12FN3O2. The van der Waals surface area contributed by atoms with Crippen LogP contribution in [-0.4, -0.2) is 23.1 Å². The lowest BCUT2D eigenvalue weighted by Gasteiger charge is -2.21. The Bertz CT molecular complexity index is 617. The van der Waals surface area contributed by atoms with Gasteiger partial charge in [-0.05, 0) is 24.3 Å². The molecule has 0 saturated carbocycles. The number of carboxylic acids is 1. The van der Waals surface area contributed by atoms with Gasteiger partial charge in [0.15, 0.2) is 0 Å². The van der Waals surface area contributed by atoms with Crippen LogP contribution in [0.1, 0.15) is 10.4 Å². The van der Waals surface area contributed by atoms with Crippen molar-refractivity contribution in [3.63, 3.8) is 0 Å². The van der Waals surface area contributed by atoms with Crippen LogP contribution in [0.3, 0.4) is 0 Å². The number of halogens is 1. The molecule has 0 saturated heterocycles. The fraction of sp³-hybridized carbons (Fsp3) is 0.0769. The second kappa shape index (κ2) is 4.93. The number of anilines is 3. The van der Waals surface area contributed by atoms with E-state index in [9.17, 15) is 14.3 Å². The monoisotopic (exact) mass is 261 g/mol. The van der Waals surface area contributed by atoms with Crippen LogP contribution in [0.5, 0.6) is 0 Å². The van der Waals surface area contributed by atoms with Gasteiger partial charge in [-0.15, -0.1) is 0 Å². The zero-order chi connectivity index (χ0) is 14.0. The summed E-state index contributed by atoms with van der Waals surface area (Å²) in [5.74, 6) is -2.02. The van der Waals surface area contributed by atoms with Crippen molar-refractivity contribution >= 4 is 23.0 Å². The fourth-order valence-electron chi connectivity index (χ4n) is 1.78. The molecule has 0 amide bonds. The van der Waals surface area contributed by atoms with Crippen LogP contribution in [0.25, 0.3) is 0 Å². The van der Waals surface area contributed by atoms with E-state index in [2.05, 4.69) is 4.98 Å². The lowest BCUT2D eigenvalue weighted by Crippen LogP contribution is -2.16. The summed E-state index contributed by atoms with van der Waals surface area (Å²) in [6.45, 7) is 0. The molecule has 6 heteroatoms. The molecule has 0 bridgehead atoms. The van der Waals surface area contributed by atoms with Crippen LogP contribution < -0.4 is 10.6 Å². The van der Waals surface area contributed by atoms with E-state index < -0.39 is 11.8 Å². The number of aromatic nitrogens is 1. The standard InChI is InChI=1S/C13H12FN3O2/c1-17(8-3-2-6-16-7-8)10-5-4-9(14)12(15)11(10)13(18)19/h2-7H,15H2,1H3,(H,18,19). The van der Waals surface area contributed by atoms with Crippen molar-refractivity contribution in [1.29, 1.82) is 0 Å². The number of benzene rings is 1. The van der Waals surface area contributed by atoms with Gasteiger partial charge in [-0.3, -0.25) is 4.98 Å². The largest absolute Gasteiger partial charge is 0.478 e. The summed E-state index contributed by atoms with van der Waals surface area (Å²) >= 11 is 0. The first-order valence-electron chi connectivity index (χ1n) is 5.47. The maximum atomic E-state index is 13.4. The van der Waals surface area contributed by atoms with Crippen molar-refractivity contribution in [2.24, 2.45) is 0 Å². The molecule has 0 aliphatic heterocycles. The minimum atomic E-state index is -1.28. The highest BCUT2D eigenvalue weighted by atomic mass is 19.1. The molecule has 1 heterocycles. The van der Waals surface area contributed by atoms with Gasteiger partial charge in [-0.1, -0.05) is 0 Å². The van der Waals surface area contributed by atoms with Gasteiger partial charge in [0.1, 0.15) is 11.4 Å². The van der Waals surface area contributed by atoms with Gasteiger partial charge < -0.3 is 15.7 Å². The van der Waals surface area contributed by atoms with Gasteiger partial charge in [-0.25, -0.2) is 9.18 Å². The maximum absolute atomic E-state index is 13.4. The Morgan fingerprint density at radius 1 is 1.42 bits per heavy atom. The first-order chi connectivity index (χ1) is 9.02. The molecule has 0 aliphatic rings.